The lowest BCUT2D eigenvalue weighted by Gasteiger charge is -2.31. The van der Waals surface area contributed by atoms with Crippen molar-refractivity contribution in [2.24, 2.45) is 0 Å². The first kappa shape index (κ1) is 18.4. The van der Waals surface area contributed by atoms with Gasteiger partial charge in [0.1, 0.15) is 18.0 Å². The third kappa shape index (κ3) is 4.24. The van der Waals surface area contributed by atoms with Crippen molar-refractivity contribution in [2.45, 2.75) is 51.7 Å². The number of aryl methyl sites for hydroxylation is 1. The van der Waals surface area contributed by atoms with Gasteiger partial charge in [0.15, 0.2) is 0 Å². The highest BCUT2D eigenvalue weighted by molar-refractivity contribution is 5.76. The van der Waals surface area contributed by atoms with Crippen molar-refractivity contribution in [3.63, 3.8) is 0 Å². The highest BCUT2D eigenvalue weighted by Crippen LogP contribution is 2.27. The second-order valence-electron chi connectivity index (χ2n) is 6.93. The Balaban J connectivity index is 1.55. The van der Waals surface area contributed by atoms with Gasteiger partial charge in [0.25, 0.3) is 0 Å². The Labute approximate surface area is 153 Å². The van der Waals surface area contributed by atoms with Crippen LogP contribution in [0.1, 0.15) is 43.8 Å². The highest BCUT2D eigenvalue weighted by Gasteiger charge is 2.27. The topological polar surface area (TPSA) is 97.9 Å². The van der Waals surface area contributed by atoms with Crippen LogP contribution >= 0.6 is 0 Å². The average molecular weight is 361 g/mol. The molecule has 1 aliphatic rings. The van der Waals surface area contributed by atoms with E-state index in [1.165, 1.54) is 6.33 Å². The summed E-state index contributed by atoms with van der Waals surface area (Å²) >= 11 is 0. The number of aromatic nitrogens is 7. The second-order valence-corrected chi connectivity index (χ2v) is 6.93. The van der Waals surface area contributed by atoms with Crippen molar-refractivity contribution in [1.29, 1.82) is 0 Å². The van der Waals surface area contributed by atoms with Gasteiger partial charge in [-0.25, -0.2) is 4.68 Å². The van der Waals surface area contributed by atoms with E-state index < -0.39 is 0 Å². The lowest BCUT2D eigenvalue weighted by molar-refractivity contribution is -0.132. The molecule has 1 fully saturated rings. The van der Waals surface area contributed by atoms with Crippen molar-refractivity contribution >= 4 is 5.91 Å². The van der Waals surface area contributed by atoms with E-state index in [1.54, 1.807) is 4.68 Å². The van der Waals surface area contributed by atoms with Crippen molar-refractivity contribution in [3.05, 3.63) is 18.0 Å². The Morgan fingerprint density at radius 3 is 2.65 bits per heavy atom. The van der Waals surface area contributed by atoms with Gasteiger partial charge in [0.05, 0.1) is 13.1 Å². The molecule has 3 heterocycles. The fourth-order valence-corrected chi connectivity index (χ4v) is 3.43. The van der Waals surface area contributed by atoms with E-state index in [4.69, 9.17) is 0 Å². The normalized spacial score (nSPS) is 15.8. The fourth-order valence-electron chi connectivity index (χ4n) is 3.43. The Bertz CT molecular complexity index is 701. The number of hydrogen-bond acceptors (Lipinski definition) is 7. The summed E-state index contributed by atoms with van der Waals surface area (Å²) in [5, 5.41) is 19.8. The third-order valence-corrected chi connectivity index (χ3v) is 4.79. The molecule has 10 nitrogen and oxygen atoms in total. The molecule has 0 radical (unpaired) electrons. The van der Waals surface area contributed by atoms with Crippen LogP contribution in [0, 0.1) is 0 Å². The molecule has 1 saturated heterocycles. The van der Waals surface area contributed by atoms with Gasteiger partial charge < -0.3 is 14.4 Å². The van der Waals surface area contributed by atoms with Gasteiger partial charge in [-0.1, -0.05) is 0 Å². The summed E-state index contributed by atoms with van der Waals surface area (Å²) in [6.45, 7) is 5.83. The van der Waals surface area contributed by atoms with Gasteiger partial charge in [0, 0.05) is 32.0 Å². The van der Waals surface area contributed by atoms with Crippen LogP contribution in [-0.2, 0) is 24.4 Å². The largest absolute Gasteiger partial charge is 0.343 e. The summed E-state index contributed by atoms with van der Waals surface area (Å²) in [6.07, 6.45) is 3.81. The average Bonchev–Trinajstić information content (AvgIpc) is 3.29. The molecule has 2 aromatic heterocycles. The number of amides is 1. The van der Waals surface area contributed by atoms with Gasteiger partial charge in [0.2, 0.25) is 5.91 Å². The van der Waals surface area contributed by atoms with Crippen molar-refractivity contribution in [3.8, 4) is 0 Å². The maximum atomic E-state index is 12.4. The molecule has 0 spiro atoms. The second kappa shape index (κ2) is 8.35. The van der Waals surface area contributed by atoms with Gasteiger partial charge in [-0.05, 0) is 44.3 Å². The van der Waals surface area contributed by atoms with Crippen LogP contribution in [0.2, 0.25) is 0 Å². The summed E-state index contributed by atoms with van der Waals surface area (Å²) < 4.78 is 3.81. The molecule has 3 rings (SSSR count). The van der Waals surface area contributed by atoms with Crippen molar-refractivity contribution in [1.82, 2.24) is 44.8 Å². The number of carbonyl (C=O) groups is 1. The maximum Gasteiger partial charge on any atom is 0.224 e. The van der Waals surface area contributed by atoms with E-state index in [2.05, 4.69) is 42.1 Å². The molecule has 0 N–H and O–H groups in total. The first-order chi connectivity index (χ1) is 12.6. The fraction of sp³-hybridized carbons (Fsp3) is 0.750. The van der Waals surface area contributed by atoms with Crippen LogP contribution in [0.5, 0.6) is 0 Å². The highest BCUT2D eigenvalue weighted by atomic mass is 16.2. The summed E-state index contributed by atoms with van der Waals surface area (Å²) in [5.41, 5.74) is 0. The van der Waals surface area contributed by atoms with Crippen LogP contribution in [0.4, 0.5) is 0 Å². The number of hydrogen-bond donors (Lipinski definition) is 0. The summed E-state index contributed by atoms with van der Waals surface area (Å²) in [4.78, 5) is 16.4. The molecule has 1 aliphatic heterocycles. The number of carbonyl (C=O) groups excluding carboxylic acids is 1. The third-order valence-electron chi connectivity index (χ3n) is 4.79. The minimum absolute atomic E-state index is 0.157. The Morgan fingerprint density at radius 2 is 2.04 bits per heavy atom. The van der Waals surface area contributed by atoms with E-state index >= 15 is 0 Å². The smallest absolute Gasteiger partial charge is 0.224 e. The zero-order valence-electron chi connectivity index (χ0n) is 15.7. The van der Waals surface area contributed by atoms with Gasteiger partial charge >= 0.3 is 0 Å². The standard InChI is InChI=1S/C16H27N9O/c1-4-25-14(11-22(2)3)18-19-16(25)13-5-8-23(9-6-13)15(26)7-10-24-12-17-20-21-24/h12-13H,4-11H2,1-3H3. The molecule has 26 heavy (non-hydrogen) atoms. The lowest BCUT2D eigenvalue weighted by atomic mass is 9.95. The number of piperidine rings is 1. The van der Waals surface area contributed by atoms with Crippen LogP contribution < -0.4 is 0 Å². The number of nitrogens with zero attached hydrogens (tertiary/aromatic N) is 9. The molecule has 142 valence electrons. The number of tetrazole rings is 1. The van der Waals surface area contributed by atoms with Crippen LogP contribution in [-0.4, -0.2) is 77.9 Å². The van der Waals surface area contributed by atoms with Crippen LogP contribution in [0.3, 0.4) is 0 Å². The summed E-state index contributed by atoms with van der Waals surface area (Å²) in [5.74, 6) is 2.59. The molecule has 10 heteroatoms. The van der Waals surface area contributed by atoms with Gasteiger partial charge in [-0.2, -0.15) is 0 Å². The van der Waals surface area contributed by atoms with E-state index in [9.17, 15) is 4.79 Å². The predicted molar refractivity (Wildman–Crippen MR) is 94.1 cm³/mol. The maximum absolute atomic E-state index is 12.4. The van der Waals surface area contributed by atoms with Crippen LogP contribution in [0.25, 0.3) is 0 Å². The predicted octanol–water partition coefficient (Wildman–Crippen LogP) is 0.142. The lowest BCUT2D eigenvalue weighted by Crippen LogP contribution is -2.38. The first-order valence-corrected chi connectivity index (χ1v) is 9.13. The number of rotatable bonds is 7. The molecule has 1 amide bonds. The number of likely N-dealkylation sites (tertiary alicyclic amines) is 1. The minimum atomic E-state index is 0.157. The van der Waals surface area contributed by atoms with Gasteiger partial charge in [-0.3, -0.25) is 4.79 Å². The van der Waals surface area contributed by atoms with Crippen molar-refractivity contribution in [2.75, 3.05) is 27.2 Å². The molecular formula is C16H27N9O. The molecule has 0 aromatic carbocycles. The first-order valence-electron chi connectivity index (χ1n) is 9.13. The molecule has 0 bridgehead atoms. The molecule has 2 aromatic rings. The van der Waals surface area contributed by atoms with E-state index in [0.717, 1.165) is 50.7 Å². The zero-order valence-corrected chi connectivity index (χ0v) is 15.7. The Hall–Kier alpha value is -2.36. The molecule has 0 saturated carbocycles. The van der Waals surface area contributed by atoms with Gasteiger partial charge in [-0.15, -0.1) is 15.3 Å². The molecule has 0 atom stereocenters. The minimum Gasteiger partial charge on any atom is -0.343 e. The monoisotopic (exact) mass is 361 g/mol. The van der Waals surface area contributed by atoms with Crippen LogP contribution in [0.15, 0.2) is 6.33 Å². The molecule has 0 aliphatic carbocycles. The van der Waals surface area contributed by atoms with Crippen molar-refractivity contribution < 1.29 is 4.79 Å². The van der Waals surface area contributed by atoms with E-state index in [0.29, 0.717) is 18.9 Å². The zero-order chi connectivity index (χ0) is 18.5. The summed E-state index contributed by atoms with van der Waals surface area (Å²) in [6, 6.07) is 0. The molecular weight excluding hydrogens is 334 g/mol. The Kier molecular flexibility index (Phi) is 5.92. The SMILES string of the molecule is CCn1c(CN(C)C)nnc1C1CCN(C(=O)CCn2cnnn2)CC1. The van der Waals surface area contributed by atoms with E-state index in [-0.39, 0.29) is 5.91 Å². The quantitative estimate of drug-likeness (QED) is 0.692. The Morgan fingerprint density at radius 1 is 1.27 bits per heavy atom. The van der Waals surface area contributed by atoms with E-state index in [1.807, 2.05) is 19.0 Å². The molecule has 0 unspecified atom stereocenters. The summed E-state index contributed by atoms with van der Waals surface area (Å²) in [7, 11) is 4.07.